The van der Waals surface area contributed by atoms with Crippen molar-refractivity contribution in [1.82, 2.24) is 40.0 Å². The van der Waals surface area contributed by atoms with E-state index in [2.05, 4.69) is 159 Å². The number of hydrogen-bond acceptors (Lipinski definition) is 8. The zero-order chi connectivity index (χ0) is 35.2. The molecule has 2 saturated heterocycles. The Kier molecular flexibility index (Phi) is 27.7. The molecular weight excluding hydrogens is 556 g/mol. The molecule has 274 valence electrons. The molecule has 2 fully saturated rings. The first-order valence-corrected chi connectivity index (χ1v) is 18.4. The van der Waals surface area contributed by atoms with Crippen molar-refractivity contribution in [3.05, 3.63) is 0 Å². The van der Waals surface area contributed by atoms with Crippen molar-refractivity contribution in [2.24, 2.45) is 5.41 Å². The molecule has 0 bridgehead atoms. The highest BCUT2D eigenvalue weighted by Gasteiger charge is 2.20. The van der Waals surface area contributed by atoms with Crippen molar-refractivity contribution in [1.29, 1.82) is 0 Å². The Morgan fingerprint density at radius 3 is 1.69 bits per heavy atom. The van der Waals surface area contributed by atoms with Crippen LogP contribution in [0.25, 0.3) is 0 Å². The van der Waals surface area contributed by atoms with Gasteiger partial charge in [-0.1, -0.05) is 41.5 Å². The summed E-state index contributed by atoms with van der Waals surface area (Å²) >= 11 is 0. The van der Waals surface area contributed by atoms with Gasteiger partial charge in [0, 0.05) is 69.5 Å². The van der Waals surface area contributed by atoms with Gasteiger partial charge < -0.3 is 35.1 Å². The maximum atomic E-state index is 3.47. The van der Waals surface area contributed by atoms with Gasteiger partial charge in [-0.3, -0.25) is 4.90 Å². The summed E-state index contributed by atoms with van der Waals surface area (Å²) in [5, 5.41) is 6.93. The first kappa shape index (κ1) is 46.8. The number of likely N-dealkylation sites (N-methyl/N-ethyl adjacent to an activating group) is 1. The van der Waals surface area contributed by atoms with Gasteiger partial charge in [0.2, 0.25) is 0 Å². The minimum atomic E-state index is 0.369. The van der Waals surface area contributed by atoms with Crippen LogP contribution in [0.4, 0.5) is 0 Å². The standard InChI is InChI=1S/C10H22N2.C10H24N2.C9H22N2.C8H18N2/c1-9(2)11-7-6-10-5-4-8-12(10)3;1-9(2)11-7-10(3,4)8-12(5)6;1-9(2)11(5)8-6-7-10(3)4;1-8(2)10-6-4-9(3)5-7-10/h9-11H,4-8H2,1-3H3;9,11H,7-8H2,1-6H3;9H,6-8H2,1-5H3;8H,4-7H2,1-3H3. The summed E-state index contributed by atoms with van der Waals surface area (Å²) in [7, 11) is 15.1. The van der Waals surface area contributed by atoms with E-state index in [4.69, 9.17) is 0 Å². The van der Waals surface area contributed by atoms with Crippen LogP contribution in [0.5, 0.6) is 0 Å². The number of hydrogen-bond donors (Lipinski definition) is 2. The molecule has 0 saturated carbocycles. The van der Waals surface area contributed by atoms with Gasteiger partial charge in [-0.2, -0.15) is 0 Å². The van der Waals surface area contributed by atoms with Crippen molar-refractivity contribution in [3.8, 4) is 0 Å². The van der Waals surface area contributed by atoms with Crippen molar-refractivity contribution in [2.45, 2.75) is 125 Å². The van der Waals surface area contributed by atoms with Crippen LogP contribution < -0.4 is 10.6 Å². The molecule has 0 spiro atoms. The van der Waals surface area contributed by atoms with Gasteiger partial charge in [0.25, 0.3) is 0 Å². The van der Waals surface area contributed by atoms with E-state index in [0.29, 0.717) is 23.5 Å². The second-order valence-corrected chi connectivity index (χ2v) is 16.3. The number of piperazine rings is 1. The van der Waals surface area contributed by atoms with Crippen LogP contribution in [-0.2, 0) is 0 Å². The molecule has 2 aliphatic heterocycles. The van der Waals surface area contributed by atoms with E-state index in [0.717, 1.165) is 25.2 Å². The van der Waals surface area contributed by atoms with Gasteiger partial charge in [-0.25, -0.2) is 0 Å². The Balaban J connectivity index is 0. The Labute approximate surface area is 285 Å². The van der Waals surface area contributed by atoms with Crippen molar-refractivity contribution in [3.63, 3.8) is 0 Å². The smallest absolute Gasteiger partial charge is 0.0112 e. The molecule has 2 aliphatic rings. The lowest BCUT2D eigenvalue weighted by Crippen LogP contribution is -2.47. The van der Waals surface area contributed by atoms with Gasteiger partial charge >= 0.3 is 0 Å². The van der Waals surface area contributed by atoms with Gasteiger partial charge in [0.15, 0.2) is 0 Å². The van der Waals surface area contributed by atoms with Gasteiger partial charge in [-0.15, -0.1) is 0 Å². The highest BCUT2D eigenvalue weighted by atomic mass is 15.3. The molecule has 0 aromatic heterocycles. The third-order valence-electron chi connectivity index (χ3n) is 8.70. The lowest BCUT2D eigenvalue weighted by atomic mass is 9.93. The number of nitrogens with one attached hydrogen (secondary N) is 2. The summed E-state index contributed by atoms with van der Waals surface area (Å²) in [6.07, 6.45) is 5.37. The number of likely N-dealkylation sites (tertiary alicyclic amines) is 1. The van der Waals surface area contributed by atoms with E-state index in [1.165, 1.54) is 78.0 Å². The van der Waals surface area contributed by atoms with Crippen LogP contribution >= 0.6 is 0 Å². The second-order valence-electron chi connectivity index (χ2n) is 16.3. The van der Waals surface area contributed by atoms with Crippen LogP contribution in [-0.4, -0.2) is 174 Å². The van der Waals surface area contributed by atoms with Crippen LogP contribution in [0.1, 0.15) is 94.9 Å². The van der Waals surface area contributed by atoms with Gasteiger partial charge in [0.1, 0.15) is 0 Å². The van der Waals surface area contributed by atoms with E-state index < -0.39 is 0 Å². The molecule has 0 aromatic rings. The molecule has 8 nitrogen and oxygen atoms in total. The lowest BCUT2D eigenvalue weighted by Gasteiger charge is -2.34. The van der Waals surface area contributed by atoms with E-state index in [1.54, 1.807) is 0 Å². The summed E-state index contributed by atoms with van der Waals surface area (Å²) in [6.45, 7) is 34.4. The molecule has 2 rings (SSSR count). The minimum absolute atomic E-state index is 0.369. The fourth-order valence-corrected chi connectivity index (χ4v) is 5.51. The Morgan fingerprint density at radius 1 is 0.733 bits per heavy atom. The molecule has 0 aliphatic carbocycles. The highest BCUT2D eigenvalue weighted by molar-refractivity contribution is 4.77. The fraction of sp³-hybridized carbons (Fsp3) is 1.00. The third-order valence-corrected chi connectivity index (χ3v) is 8.70. The quantitative estimate of drug-likeness (QED) is 0.260. The molecule has 0 amide bonds. The minimum Gasteiger partial charge on any atom is -0.314 e. The monoisotopic (exact) mass is 643 g/mol. The topological polar surface area (TPSA) is 43.5 Å². The molecule has 2 N–H and O–H groups in total. The third kappa shape index (κ3) is 29.5. The summed E-state index contributed by atoms with van der Waals surface area (Å²) in [4.78, 5) is 14.3. The SMILES string of the molecule is CC(C)N(C)CCCN(C)C.CC(C)N1CCN(C)CC1.CC(C)NCC(C)(C)CN(C)C.CC(C)NCCC1CCCN1C. The molecule has 1 unspecified atom stereocenters. The first-order valence-electron chi connectivity index (χ1n) is 18.4. The molecule has 0 radical (unpaired) electrons. The second kappa shape index (κ2) is 26.6. The van der Waals surface area contributed by atoms with Gasteiger partial charge in [-0.05, 0) is 134 Å². The van der Waals surface area contributed by atoms with Crippen LogP contribution in [0.15, 0.2) is 0 Å². The maximum absolute atomic E-state index is 3.47. The largest absolute Gasteiger partial charge is 0.314 e. The molecule has 0 aromatic carbocycles. The van der Waals surface area contributed by atoms with E-state index in [1.807, 2.05) is 0 Å². The molecule has 2 heterocycles. The van der Waals surface area contributed by atoms with Crippen LogP contribution in [0.3, 0.4) is 0 Å². The Hall–Kier alpha value is -0.320. The predicted molar refractivity (Wildman–Crippen MR) is 204 cm³/mol. The first-order chi connectivity index (χ1) is 20.8. The maximum Gasteiger partial charge on any atom is 0.0112 e. The van der Waals surface area contributed by atoms with Crippen molar-refractivity contribution in [2.75, 3.05) is 115 Å². The summed E-state index contributed by atoms with van der Waals surface area (Å²) < 4.78 is 0. The van der Waals surface area contributed by atoms with Crippen LogP contribution in [0, 0.1) is 5.41 Å². The predicted octanol–water partition coefficient (Wildman–Crippen LogP) is 4.96. The lowest BCUT2D eigenvalue weighted by molar-refractivity contribution is 0.126. The van der Waals surface area contributed by atoms with Crippen molar-refractivity contribution >= 4 is 0 Å². The zero-order valence-corrected chi connectivity index (χ0v) is 34.0. The number of nitrogens with zero attached hydrogens (tertiary/aromatic N) is 6. The summed E-state index contributed by atoms with van der Waals surface area (Å²) in [5.74, 6) is 0. The fourth-order valence-electron chi connectivity index (χ4n) is 5.51. The molecule has 1 atom stereocenters. The van der Waals surface area contributed by atoms with E-state index in [-0.39, 0.29) is 0 Å². The van der Waals surface area contributed by atoms with Crippen LogP contribution in [0.2, 0.25) is 0 Å². The Bertz CT molecular complexity index is 642. The zero-order valence-electron chi connectivity index (χ0n) is 34.0. The summed E-state index contributed by atoms with van der Waals surface area (Å²) in [5.41, 5.74) is 0.369. The molecular formula is C37H86N8. The molecule has 45 heavy (non-hydrogen) atoms. The van der Waals surface area contributed by atoms with Crippen molar-refractivity contribution < 1.29 is 0 Å². The van der Waals surface area contributed by atoms with Gasteiger partial charge in [0.05, 0.1) is 0 Å². The highest BCUT2D eigenvalue weighted by Crippen LogP contribution is 2.17. The molecule has 8 heteroatoms. The normalized spacial score (nSPS) is 18.5. The van der Waals surface area contributed by atoms with E-state index in [9.17, 15) is 0 Å². The van der Waals surface area contributed by atoms with E-state index >= 15 is 0 Å². The summed E-state index contributed by atoms with van der Waals surface area (Å²) in [6, 6.07) is 3.48. The number of rotatable bonds is 15. The average molecular weight is 643 g/mol. The average Bonchev–Trinajstić information content (AvgIpc) is 3.32. The Morgan fingerprint density at radius 2 is 1.29 bits per heavy atom.